The van der Waals surface area contributed by atoms with E-state index in [1.807, 2.05) is 20.8 Å². The number of aromatic hydroxyl groups is 1. The van der Waals surface area contributed by atoms with Gasteiger partial charge in [-0.25, -0.2) is 0 Å². The fourth-order valence-corrected chi connectivity index (χ4v) is 1.35. The van der Waals surface area contributed by atoms with E-state index in [-0.39, 0.29) is 23.2 Å². The highest BCUT2D eigenvalue weighted by Gasteiger charge is 2.19. The number of rotatable bonds is 0. The first-order valence-corrected chi connectivity index (χ1v) is 4.47. The van der Waals surface area contributed by atoms with E-state index in [1.54, 1.807) is 13.8 Å². The maximum absolute atomic E-state index is 9.98. The van der Waals surface area contributed by atoms with E-state index in [4.69, 9.17) is 2.74 Å². The zero-order valence-electron chi connectivity index (χ0n) is 10.9. The fraction of sp³-hybridized carbons (Fsp3) is 0.500. The summed E-state index contributed by atoms with van der Waals surface area (Å²) in [5.74, 6) is 0.100. The zero-order valence-corrected chi connectivity index (χ0v) is 8.95. The van der Waals surface area contributed by atoms with E-state index in [9.17, 15) is 5.11 Å². The molecule has 0 fully saturated rings. The van der Waals surface area contributed by atoms with Crippen molar-refractivity contribution < 1.29 is 7.85 Å². The molecule has 1 N–H and O–H groups in total. The largest absolute Gasteiger partial charge is 0.507 e. The second kappa shape index (κ2) is 3.06. The lowest BCUT2D eigenvalue weighted by Crippen LogP contribution is -2.12. The van der Waals surface area contributed by atoms with Crippen molar-refractivity contribution in [2.24, 2.45) is 0 Å². The van der Waals surface area contributed by atoms with Gasteiger partial charge in [0.25, 0.3) is 0 Å². The lowest BCUT2D eigenvalue weighted by atomic mass is 9.84. The summed E-state index contributed by atoms with van der Waals surface area (Å²) in [5.41, 5.74) is 1.56. The Morgan fingerprint density at radius 2 is 1.77 bits per heavy atom. The Balaban J connectivity index is 3.68. The van der Waals surface area contributed by atoms with Crippen molar-refractivity contribution in [1.82, 2.24) is 0 Å². The quantitative estimate of drug-likeness (QED) is 0.652. The minimum Gasteiger partial charge on any atom is -0.507 e. The third-order valence-corrected chi connectivity index (χ3v) is 2.03. The van der Waals surface area contributed by atoms with Gasteiger partial charge in [-0.2, -0.15) is 0 Å². The summed E-state index contributed by atoms with van der Waals surface area (Å²) in [7, 11) is 0. The maximum atomic E-state index is 9.98. The highest BCUT2D eigenvalue weighted by atomic mass is 16.3. The summed E-state index contributed by atoms with van der Waals surface area (Å²) in [6.45, 7) is 9.36. The summed E-state index contributed by atoms with van der Waals surface area (Å²) in [4.78, 5) is 0. The summed E-state index contributed by atoms with van der Waals surface area (Å²) in [5, 5.41) is 9.98. The van der Waals surface area contributed by atoms with Crippen LogP contribution >= 0.6 is 0 Å². The van der Waals surface area contributed by atoms with Crippen LogP contribution in [0.15, 0.2) is 12.1 Å². The fourth-order valence-electron chi connectivity index (χ4n) is 1.35. The standard InChI is InChI=1S/C12H18O/c1-8-6-9(2)11(13)10(7-8)12(3,4)5/h6-7,13H,1-5H3/i6T,7T. The van der Waals surface area contributed by atoms with E-state index in [2.05, 4.69) is 0 Å². The van der Waals surface area contributed by atoms with E-state index < -0.39 is 0 Å². The second-order valence-electron chi connectivity index (χ2n) is 4.47. The molecule has 0 aliphatic rings. The average molecular weight is 182 g/mol. The van der Waals surface area contributed by atoms with Crippen LogP contribution in [-0.4, -0.2) is 5.11 Å². The molecule has 0 spiro atoms. The normalized spacial score (nSPS) is 13.9. The molecule has 0 atom stereocenters. The first kappa shape index (κ1) is 7.43. The van der Waals surface area contributed by atoms with E-state index in [0.717, 1.165) is 0 Å². The van der Waals surface area contributed by atoms with Crippen LogP contribution < -0.4 is 0 Å². The molecule has 1 nitrogen and oxygen atoms in total. The zero-order chi connectivity index (χ0) is 12.0. The van der Waals surface area contributed by atoms with Gasteiger partial charge in [0.2, 0.25) is 0 Å². The van der Waals surface area contributed by atoms with Crippen molar-refractivity contribution in [2.75, 3.05) is 0 Å². The molecule has 0 unspecified atom stereocenters. The minimum atomic E-state index is -0.273. The van der Waals surface area contributed by atoms with Crippen LogP contribution in [0.3, 0.4) is 0 Å². The maximum Gasteiger partial charge on any atom is 0.122 e. The Bertz CT molecular complexity index is 374. The number of benzene rings is 1. The Morgan fingerprint density at radius 3 is 2.23 bits per heavy atom. The molecule has 0 heterocycles. The van der Waals surface area contributed by atoms with Crippen molar-refractivity contribution in [3.63, 3.8) is 0 Å². The first-order valence-electron chi connectivity index (χ1n) is 5.47. The molecule has 0 radical (unpaired) electrons. The number of hydrogen-bond donors (Lipinski definition) is 1. The summed E-state index contributed by atoms with van der Waals surface area (Å²) in [6, 6.07) is 0.557. The van der Waals surface area contributed by atoms with Crippen molar-refractivity contribution in [3.05, 3.63) is 28.8 Å². The Kier molecular flexibility index (Phi) is 1.75. The Labute approximate surface area is 83.2 Å². The SMILES string of the molecule is [3H]c1c(C)c([3H])c(C(C)(C)C)c(O)c1C. The van der Waals surface area contributed by atoms with Crippen LogP contribution in [0.4, 0.5) is 0 Å². The van der Waals surface area contributed by atoms with Crippen LogP contribution in [0.25, 0.3) is 0 Å². The molecule has 0 bridgehead atoms. The van der Waals surface area contributed by atoms with Gasteiger partial charge in [0.05, 0.1) is 2.74 Å². The smallest absolute Gasteiger partial charge is 0.122 e. The third kappa shape index (κ3) is 2.03. The lowest BCUT2D eigenvalue weighted by Gasteiger charge is -2.22. The molecule has 13 heavy (non-hydrogen) atoms. The number of phenolic OH excluding ortho intramolecular Hbond substituents is 1. The van der Waals surface area contributed by atoms with Gasteiger partial charge in [0.15, 0.2) is 0 Å². The van der Waals surface area contributed by atoms with Gasteiger partial charge in [-0.05, 0) is 30.4 Å². The number of phenols is 1. The summed E-state index contributed by atoms with van der Waals surface area (Å²) in [6.07, 6.45) is 0. The molecule has 0 aliphatic carbocycles. The molecule has 1 rings (SSSR count). The summed E-state index contributed by atoms with van der Waals surface area (Å²) >= 11 is 0. The van der Waals surface area contributed by atoms with Crippen LogP contribution in [0.5, 0.6) is 5.75 Å². The predicted octanol–water partition coefficient (Wildman–Crippen LogP) is 3.31. The van der Waals surface area contributed by atoms with Crippen molar-refractivity contribution in [3.8, 4) is 5.75 Å². The summed E-state index contributed by atoms with van der Waals surface area (Å²) < 4.78 is 15.7. The van der Waals surface area contributed by atoms with Gasteiger partial charge in [0, 0.05) is 0 Å². The van der Waals surface area contributed by atoms with Gasteiger partial charge >= 0.3 is 0 Å². The van der Waals surface area contributed by atoms with Gasteiger partial charge in [-0.1, -0.05) is 38.4 Å². The highest BCUT2D eigenvalue weighted by Crippen LogP contribution is 2.33. The Hall–Kier alpha value is -0.980. The van der Waals surface area contributed by atoms with E-state index in [1.165, 1.54) is 0 Å². The Morgan fingerprint density at radius 1 is 1.23 bits per heavy atom. The van der Waals surface area contributed by atoms with E-state index in [0.29, 0.717) is 16.7 Å². The molecule has 1 heteroatoms. The minimum absolute atomic E-state index is 0.100. The molecule has 0 amide bonds. The second-order valence-corrected chi connectivity index (χ2v) is 4.47. The van der Waals surface area contributed by atoms with Crippen LogP contribution in [0.1, 0.15) is 40.2 Å². The van der Waals surface area contributed by atoms with Crippen molar-refractivity contribution in [2.45, 2.75) is 40.0 Å². The third-order valence-electron chi connectivity index (χ3n) is 2.03. The lowest BCUT2D eigenvalue weighted by molar-refractivity contribution is 0.442. The predicted molar refractivity (Wildman–Crippen MR) is 56.3 cm³/mol. The molecular formula is C12H18O. The molecule has 0 saturated heterocycles. The van der Waals surface area contributed by atoms with Gasteiger partial charge in [-0.15, -0.1) is 0 Å². The van der Waals surface area contributed by atoms with Gasteiger partial charge in [-0.3, -0.25) is 0 Å². The van der Waals surface area contributed by atoms with E-state index >= 15 is 0 Å². The average Bonchev–Trinajstić information content (AvgIpc) is 2.09. The van der Waals surface area contributed by atoms with Crippen LogP contribution in [0, 0.1) is 13.8 Å². The molecule has 72 valence electrons. The monoisotopic (exact) mass is 182 g/mol. The van der Waals surface area contributed by atoms with Gasteiger partial charge < -0.3 is 5.11 Å². The molecule has 1 aromatic rings. The molecule has 1 aromatic carbocycles. The van der Waals surface area contributed by atoms with Crippen molar-refractivity contribution >= 4 is 0 Å². The molecule has 0 aromatic heterocycles. The van der Waals surface area contributed by atoms with Crippen LogP contribution in [0.2, 0.25) is 0 Å². The molecule has 0 saturated carbocycles. The van der Waals surface area contributed by atoms with Crippen LogP contribution in [-0.2, 0) is 5.41 Å². The topological polar surface area (TPSA) is 20.2 Å². The number of hydrogen-bond acceptors (Lipinski definition) is 1. The highest BCUT2D eigenvalue weighted by molar-refractivity contribution is 5.45. The van der Waals surface area contributed by atoms with Gasteiger partial charge in [0.1, 0.15) is 5.75 Å². The first-order chi connectivity index (χ1) is 6.68. The van der Waals surface area contributed by atoms with Crippen molar-refractivity contribution in [1.29, 1.82) is 0 Å². The molecule has 0 aliphatic heterocycles. The molecular weight excluding hydrogens is 160 g/mol.